The lowest BCUT2D eigenvalue weighted by Crippen LogP contribution is -2.29. The van der Waals surface area contributed by atoms with E-state index in [2.05, 4.69) is 47.8 Å². The number of imidazole rings is 1. The number of methoxy groups -OCH3 is 1. The van der Waals surface area contributed by atoms with Gasteiger partial charge in [0.25, 0.3) is 0 Å². The fourth-order valence-corrected chi connectivity index (χ4v) is 2.68. The maximum absolute atomic E-state index is 5.24. The molecule has 1 aromatic heterocycles. The summed E-state index contributed by atoms with van der Waals surface area (Å²) < 4.78 is 7.48. The number of nitrogens with one attached hydrogen (secondary N) is 1. The summed E-state index contributed by atoms with van der Waals surface area (Å²) in [5, 5.41) is 3.58. The van der Waals surface area contributed by atoms with E-state index in [1.807, 2.05) is 25.4 Å². The number of aromatic nitrogens is 2. The van der Waals surface area contributed by atoms with Crippen LogP contribution in [0, 0.1) is 13.8 Å². The molecule has 0 aliphatic heterocycles. The zero-order chi connectivity index (χ0) is 15.4. The van der Waals surface area contributed by atoms with Crippen LogP contribution in [-0.4, -0.2) is 23.2 Å². The van der Waals surface area contributed by atoms with E-state index in [9.17, 15) is 0 Å². The van der Waals surface area contributed by atoms with Gasteiger partial charge in [-0.25, -0.2) is 4.98 Å². The third-order valence-electron chi connectivity index (χ3n) is 4.11. The zero-order valence-electron chi connectivity index (χ0n) is 13.6. The fourth-order valence-electron chi connectivity index (χ4n) is 2.68. The Morgan fingerprint density at radius 3 is 2.38 bits per heavy atom. The lowest BCUT2D eigenvalue weighted by molar-refractivity contribution is 0.379. The Morgan fingerprint density at radius 1 is 1.24 bits per heavy atom. The molecule has 1 aromatic carbocycles. The van der Waals surface area contributed by atoms with Crippen molar-refractivity contribution in [3.05, 3.63) is 47.5 Å². The number of hydrogen-bond acceptors (Lipinski definition) is 3. The highest BCUT2D eigenvalue weighted by atomic mass is 16.5. The molecular weight excluding hydrogens is 262 g/mol. The summed E-state index contributed by atoms with van der Waals surface area (Å²) in [6.45, 7) is 9.46. The van der Waals surface area contributed by atoms with Crippen LogP contribution in [0.15, 0.2) is 30.6 Å². The molecule has 2 rings (SSSR count). The third kappa shape index (κ3) is 3.27. The van der Waals surface area contributed by atoms with Gasteiger partial charge in [-0.05, 0) is 45.0 Å². The highest BCUT2D eigenvalue weighted by molar-refractivity contribution is 5.30. The highest BCUT2D eigenvalue weighted by Crippen LogP contribution is 2.29. The standard InChI is InChI=1S/C17H25N3O/c1-6-18-17(15-7-9-16(21-5)10-8-15)14(4)20-11-19-12(2)13(20)3/h7-11,14,17-18H,6H2,1-5H3. The minimum absolute atomic E-state index is 0.244. The molecule has 2 aromatic rings. The first kappa shape index (κ1) is 15.6. The lowest BCUT2D eigenvalue weighted by atomic mass is 9.99. The molecule has 0 amide bonds. The second-order valence-corrected chi connectivity index (χ2v) is 5.37. The van der Waals surface area contributed by atoms with Gasteiger partial charge in [-0.1, -0.05) is 19.1 Å². The fraction of sp³-hybridized carbons (Fsp3) is 0.471. The monoisotopic (exact) mass is 287 g/mol. The van der Waals surface area contributed by atoms with Crippen LogP contribution >= 0.6 is 0 Å². The van der Waals surface area contributed by atoms with Crippen molar-refractivity contribution in [2.45, 2.75) is 39.8 Å². The molecule has 2 unspecified atom stereocenters. The van der Waals surface area contributed by atoms with Gasteiger partial charge in [0.15, 0.2) is 0 Å². The summed E-state index contributed by atoms with van der Waals surface area (Å²) in [6, 6.07) is 8.81. The number of aryl methyl sites for hydroxylation is 1. The van der Waals surface area contributed by atoms with E-state index in [1.54, 1.807) is 7.11 Å². The van der Waals surface area contributed by atoms with Gasteiger partial charge in [-0.2, -0.15) is 0 Å². The molecule has 21 heavy (non-hydrogen) atoms. The molecule has 4 nitrogen and oxygen atoms in total. The van der Waals surface area contributed by atoms with Crippen LogP contribution in [0.5, 0.6) is 5.75 Å². The Morgan fingerprint density at radius 2 is 1.90 bits per heavy atom. The maximum atomic E-state index is 5.24. The van der Waals surface area contributed by atoms with Crippen LogP contribution < -0.4 is 10.1 Å². The largest absolute Gasteiger partial charge is 0.497 e. The molecule has 0 aliphatic carbocycles. The Hall–Kier alpha value is -1.81. The average Bonchev–Trinajstić information content (AvgIpc) is 2.84. The maximum Gasteiger partial charge on any atom is 0.118 e. The lowest BCUT2D eigenvalue weighted by Gasteiger charge is -2.27. The molecule has 0 saturated heterocycles. The van der Waals surface area contributed by atoms with Gasteiger partial charge >= 0.3 is 0 Å². The van der Waals surface area contributed by atoms with Crippen LogP contribution in [-0.2, 0) is 0 Å². The van der Waals surface area contributed by atoms with Gasteiger partial charge in [-0.3, -0.25) is 0 Å². The summed E-state index contributed by atoms with van der Waals surface area (Å²) in [7, 11) is 1.69. The Bertz CT molecular complexity index is 574. The van der Waals surface area contributed by atoms with Gasteiger partial charge < -0.3 is 14.6 Å². The summed E-state index contributed by atoms with van der Waals surface area (Å²) in [5.41, 5.74) is 3.57. The van der Waals surface area contributed by atoms with Crippen molar-refractivity contribution in [3.63, 3.8) is 0 Å². The molecule has 114 valence electrons. The number of rotatable bonds is 6. The van der Waals surface area contributed by atoms with E-state index in [0.29, 0.717) is 6.04 Å². The molecule has 0 radical (unpaired) electrons. The first-order chi connectivity index (χ1) is 10.1. The topological polar surface area (TPSA) is 39.1 Å². The molecule has 2 atom stereocenters. The van der Waals surface area contributed by atoms with Gasteiger partial charge in [0.1, 0.15) is 5.75 Å². The molecule has 1 N–H and O–H groups in total. The van der Waals surface area contributed by atoms with Crippen molar-refractivity contribution in [3.8, 4) is 5.75 Å². The number of benzene rings is 1. The van der Waals surface area contributed by atoms with E-state index in [4.69, 9.17) is 4.74 Å². The predicted molar refractivity (Wildman–Crippen MR) is 85.8 cm³/mol. The first-order valence-electron chi connectivity index (χ1n) is 7.45. The van der Waals surface area contributed by atoms with E-state index >= 15 is 0 Å². The number of nitrogens with zero attached hydrogens (tertiary/aromatic N) is 2. The third-order valence-corrected chi connectivity index (χ3v) is 4.11. The van der Waals surface area contributed by atoms with Crippen molar-refractivity contribution in [1.29, 1.82) is 0 Å². The Labute approximate surface area is 127 Å². The van der Waals surface area contributed by atoms with Gasteiger partial charge in [-0.15, -0.1) is 0 Å². The van der Waals surface area contributed by atoms with Crippen LogP contribution in [0.3, 0.4) is 0 Å². The summed E-state index contributed by atoms with van der Waals surface area (Å²) in [5.74, 6) is 0.885. The van der Waals surface area contributed by atoms with Crippen molar-refractivity contribution < 1.29 is 4.74 Å². The highest BCUT2D eigenvalue weighted by Gasteiger charge is 2.21. The molecule has 0 bridgehead atoms. The van der Waals surface area contributed by atoms with Crippen LogP contribution in [0.4, 0.5) is 0 Å². The van der Waals surface area contributed by atoms with Gasteiger partial charge in [0, 0.05) is 5.69 Å². The van der Waals surface area contributed by atoms with Crippen molar-refractivity contribution in [2.75, 3.05) is 13.7 Å². The van der Waals surface area contributed by atoms with E-state index < -0.39 is 0 Å². The van der Waals surface area contributed by atoms with E-state index in [0.717, 1.165) is 18.0 Å². The van der Waals surface area contributed by atoms with Gasteiger partial charge in [0.2, 0.25) is 0 Å². The second kappa shape index (κ2) is 6.76. The smallest absolute Gasteiger partial charge is 0.118 e. The van der Waals surface area contributed by atoms with E-state index in [1.165, 1.54) is 11.3 Å². The number of hydrogen-bond donors (Lipinski definition) is 1. The molecule has 0 spiro atoms. The SMILES string of the molecule is CCNC(c1ccc(OC)cc1)C(C)n1cnc(C)c1C. The van der Waals surface area contributed by atoms with Gasteiger partial charge in [0.05, 0.1) is 31.2 Å². The number of ether oxygens (including phenoxy) is 1. The minimum Gasteiger partial charge on any atom is -0.497 e. The van der Waals surface area contributed by atoms with Crippen LogP contribution in [0.1, 0.15) is 42.9 Å². The minimum atomic E-state index is 0.244. The van der Waals surface area contributed by atoms with E-state index in [-0.39, 0.29) is 6.04 Å². The van der Waals surface area contributed by atoms with Crippen LogP contribution in [0.2, 0.25) is 0 Å². The Kier molecular flexibility index (Phi) is 5.02. The second-order valence-electron chi connectivity index (χ2n) is 5.37. The molecule has 4 heteroatoms. The number of likely N-dealkylation sites (N-methyl/N-ethyl adjacent to an activating group) is 1. The summed E-state index contributed by atoms with van der Waals surface area (Å²) >= 11 is 0. The molecule has 0 fully saturated rings. The van der Waals surface area contributed by atoms with Crippen molar-refractivity contribution >= 4 is 0 Å². The summed E-state index contributed by atoms with van der Waals surface area (Å²) in [6.07, 6.45) is 1.93. The molecular formula is C17H25N3O. The quantitative estimate of drug-likeness (QED) is 0.885. The van der Waals surface area contributed by atoms with Crippen molar-refractivity contribution in [2.24, 2.45) is 0 Å². The average molecular weight is 287 g/mol. The molecule has 0 saturated carbocycles. The van der Waals surface area contributed by atoms with Crippen molar-refractivity contribution in [1.82, 2.24) is 14.9 Å². The first-order valence-corrected chi connectivity index (χ1v) is 7.45. The van der Waals surface area contributed by atoms with Crippen LogP contribution in [0.25, 0.3) is 0 Å². The molecule has 1 heterocycles. The molecule has 0 aliphatic rings. The normalized spacial score (nSPS) is 14.0. The summed E-state index contributed by atoms with van der Waals surface area (Å²) in [4.78, 5) is 4.42. The Balaban J connectivity index is 2.30. The zero-order valence-corrected chi connectivity index (χ0v) is 13.6. The predicted octanol–water partition coefficient (Wildman–Crippen LogP) is 3.42.